The lowest BCUT2D eigenvalue weighted by Crippen LogP contribution is -2.04. The van der Waals surface area contributed by atoms with E-state index in [1.807, 2.05) is 0 Å². The van der Waals surface area contributed by atoms with E-state index in [1.54, 1.807) is 12.1 Å². The molecule has 80 valence electrons. The molecule has 0 heterocycles. The minimum absolute atomic E-state index is 0.00398. The van der Waals surface area contributed by atoms with Crippen molar-refractivity contribution in [3.05, 3.63) is 27.7 Å². The maximum Gasteiger partial charge on any atom is 0.262 e. The highest BCUT2D eigenvalue weighted by atomic mass is 79.9. The van der Waals surface area contributed by atoms with Crippen molar-refractivity contribution in [1.82, 2.24) is 0 Å². The summed E-state index contributed by atoms with van der Waals surface area (Å²) in [5.74, 6) is 0. The molecule has 1 aromatic carbocycles. The molecular weight excluding hydrogens is 304 g/mol. The van der Waals surface area contributed by atoms with E-state index in [0.29, 0.717) is 10.0 Å². The van der Waals surface area contributed by atoms with Gasteiger partial charge >= 0.3 is 0 Å². The number of hydrogen-bond acceptors (Lipinski definition) is 4. The second-order valence-electron chi connectivity index (χ2n) is 2.69. The van der Waals surface area contributed by atoms with E-state index in [0.717, 1.165) is 0 Å². The minimum Gasteiger partial charge on any atom is -0.326 e. The van der Waals surface area contributed by atoms with Gasteiger partial charge in [-0.05, 0) is 17.7 Å². The molecular formula is C8H6BrClN2O2S. The number of benzene rings is 1. The van der Waals surface area contributed by atoms with E-state index >= 15 is 0 Å². The van der Waals surface area contributed by atoms with Gasteiger partial charge in [0, 0.05) is 21.7 Å². The first-order chi connectivity index (χ1) is 6.90. The molecule has 4 nitrogen and oxygen atoms in total. The number of nitriles is 1. The van der Waals surface area contributed by atoms with Crippen LogP contribution in [-0.4, -0.2) is 8.42 Å². The maximum atomic E-state index is 11.2. The molecule has 2 N–H and O–H groups in total. The quantitative estimate of drug-likeness (QED) is 0.843. The molecule has 1 aromatic rings. The molecule has 0 bridgehead atoms. The SMILES string of the molecule is N#Cc1c(CN)cc(Br)cc1S(=O)(=O)Cl. The van der Waals surface area contributed by atoms with Crippen LogP contribution >= 0.6 is 26.6 Å². The second-order valence-corrected chi connectivity index (χ2v) is 6.14. The van der Waals surface area contributed by atoms with Crippen LogP contribution in [0.15, 0.2) is 21.5 Å². The van der Waals surface area contributed by atoms with Crippen LogP contribution in [0.3, 0.4) is 0 Å². The summed E-state index contributed by atoms with van der Waals surface area (Å²) in [5.41, 5.74) is 5.83. The van der Waals surface area contributed by atoms with Crippen molar-refractivity contribution in [2.45, 2.75) is 11.4 Å². The lowest BCUT2D eigenvalue weighted by atomic mass is 10.1. The monoisotopic (exact) mass is 308 g/mol. The molecule has 0 saturated carbocycles. The first-order valence-corrected chi connectivity index (χ1v) is 6.87. The molecule has 0 fully saturated rings. The van der Waals surface area contributed by atoms with Crippen LogP contribution in [0.1, 0.15) is 11.1 Å². The molecule has 0 aliphatic heterocycles. The highest BCUT2D eigenvalue weighted by Crippen LogP contribution is 2.27. The predicted molar refractivity (Wildman–Crippen MR) is 59.8 cm³/mol. The zero-order valence-electron chi connectivity index (χ0n) is 7.37. The van der Waals surface area contributed by atoms with Gasteiger partial charge in [-0.15, -0.1) is 0 Å². The van der Waals surface area contributed by atoms with Crippen LogP contribution in [0, 0.1) is 11.3 Å². The summed E-state index contributed by atoms with van der Waals surface area (Å²) in [7, 11) is 1.27. The Morgan fingerprint density at radius 3 is 2.53 bits per heavy atom. The summed E-state index contributed by atoms with van der Waals surface area (Å²) in [4.78, 5) is -0.221. The predicted octanol–water partition coefficient (Wildman–Crippen LogP) is 1.71. The molecule has 0 unspecified atom stereocenters. The fourth-order valence-electron chi connectivity index (χ4n) is 1.12. The topological polar surface area (TPSA) is 83.9 Å². The Hall–Kier alpha value is -0.610. The van der Waals surface area contributed by atoms with Crippen LogP contribution in [0.2, 0.25) is 0 Å². The normalized spacial score (nSPS) is 11.1. The van der Waals surface area contributed by atoms with Crippen LogP contribution in [0.5, 0.6) is 0 Å². The van der Waals surface area contributed by atoms with Crippen molar-refractivity contribution in [2.24, 2.45) is 5.73 Å². The first kappa shape index (κ1) is 12.5. The molecule has 0 amide bonds. The Balaban J connectivity index is 3.66. The van der Waals surface area contributed by atoms with Crippen molar-refractivity contribution in [3.8, 4) is 6.07 Å². The van der Waals surface area contributed by atoms with Gasteiger partial charge in [0.15, 0.2) is 0 Å². The van der Waals surface area contributed by atoms with E-state index in [9.17, 15) is 8.42 Å². The minimum atomic E-state index is -3.94. The summed E-state index contributed by atoms with van der Waals surface area (Å²) >= 11 is 3.12. The van der Waals surface area contributed by atoms with Crippen molar-refractivity contribution >= 4 is 35.7 Å². The fraction of sp³-hybridized carbons (Fsp3) is 0.125. The van der Waals surface area contributed by atoms with Crippen LogP contribution in [0.4, 0.5) is 0 Å². The smallest absolute Gasteiger partial charge is 0.262 e. The number of halogens is 2. The molecule has 7 heteroatoms. The van der Waals surface area contributed by atoms with Gasteiger partial charge in [-0.25, -0.2) is 8.42 Å². The van der Waals surface area contributed by atoms with Gasteiger partial charge < -0.3 is 5.73 Å². The van der Waals surface area contributed by atoms with Gasteiger partial charge in [0.05, 0.1) is 5.56 Å². The molecule has 15 heavy (non-hydrogen) atoms. The van der Waals surface area contributed by atoms with E-state index in [4.69, 9.17) is 21.7 Å². The molecule has 0 saturated heterocycles. The zero-order chi connectivity index (χ0) is 11.6. The van der Waals surface area contributed by atoms with E-state index in [-0.39, 0.29) is 17.0 Å². The van der Waals surface area contributed by atoms with Crippen LogP contribution < -0.4 is 5.73 Å². The molecule has 1 rings (SSSR count). The Morgan fingerprint density at radius 1 is 1.53 bits per heavy atom. The Kier molecular flexibility index (Phi) is 3.73. The van der Waals surface area contributed by atoms with E-state index in [2.05, 4.69) is 15.9 Å². The second kappa shape index (κ2) is 4.49. The zero-order valence-corrected chi connectivity index (χ0v) is 10.5. The fourth-order valence-corrected chi connectivity index (χ4v) is 2.83. The van der Waals surface area contributed by atoms with Crippen molar-refractivity contribution < 1.29 is 8.42 Å². The maximum absolute atomic E-state index is 11.2. The lowest BCUT2D eigenvalue weighted by Gasteiger charge is -2.06. The Labute approximate surface area is 100 Å². The van der Waals surface area contributed by atoms with E-state index < -0.39 is 9.05 Å². The van der Waals surface area contributed by atoms with Gasteiger partial charge in [-0.2, -0.15) is 5.26 Å². The molecule has 0 atom stereocenters. The third-order valence-corrected chi connectivity index (χ3v) is 3.55. The Morgan fingerprint density at radius 2 is 2.13 bits per heavy atom. The average Bonchev–Trinajstić information content (AvgIpc) is 2.15. The summed E-state index contributed by atoms with van der Waals surface area (Å²) in [6.45, 7) is 0.0712. The number of nitrogens with zero attached hydrogens (tertiary/aromatic N) is 1. The van der Waals surface area contributed by atoms with Gasteiger partial charge in [0.2, 0.25) is 0 Å². The van der Waals surface area contributed by atoms with Crippen LogP contribution in [0.25, 0.3) is 0 Å². The first-order valence-electron chi connectivity index (χ1n) is 3.77. The van der Waals surface area contributed by atoms with Gasteiger partial charge in [0.25, 0.3) is 9.05 Å². The third-order valence-electron chi connectivity index (χ3n) is 1.74. The van der Waals surface area contributed by atoms with Gasteiger partial charge in [-0.1, -0.05) is 15.9 Å². The number of nitrogens with two attached hydrogens (primary N) is 1. The van der Waals surface area contributed by atoms with Gasteiger partial charge in [-0.3, -0.25) is 0 Å². The number of hydrogen-bond donors (Lipinski definition) is 1. The summed E-state index contributed by atoms with van der Waals surface area (Å²) in [6, 6.07) is 4.65. The van der Waals surface area contributed by atoms with E-state index in [1.165, 1.54) is 6.07 Å². The molecule has 0 spiro atoms. The van der Waals surface area contributed by atoms with Crippen molar-refractivity contribution in [1.29, 1.82) is 5.26 Å². The largest absolute Gasteiger partial charge is 0.326 e. The molecule has 0 aliphatic rings. The average molecular weight is 310 g/mol. The highest BCUT2D eigenvalue weighted by molar-refractivity contribution is 9.10. The standard InChI is InChI=1S/C8H6BrClN2O2S/c9-6-1-5(3-11)7(4-12)8(2-6)15(10,13)14/h1-2H,3,11H2. The van der Waals surface area contributed by atoms with Crippen molar-refractivity contribution in [2.75, 3.05) is 0 Å². The molecule has 0 radical (unpaired) electrons. The molecule has 0 aliphatic carbocycles. The van der Waals surface area contributed by atoms with Gasteiger partial charge in [0.1, 0.15) is 11.0 Å². The van der Waals surface area contributed by atoms with Crippen molar-refractivity contribution in [3.63, 3.8) is 0 Å². The highest BCUT2D eigenvalue weighted by Gasteiger charge is 2.19. The Bertz CT molecular complexity index is 536. The van der Waals surface area contributed by atoms with Crippen LogP contribution in [-0.2, 0) is 15.6 Å². The third kappa shape index (κ3) is 2.69. The summed E-state index contributed by atoms with van der Waals surface area (Å²) in [6.07, 6.45) is 0. The molecule has 0 aromatic heterocycles. The number of rotatable bonds is 2. The summed E-state index contributed by atoms with van der Waals surface area (Å²) < 4.78 is 22.9. The summed E-state index contributed by atoms with van der Waals surface area (Å²) in [5, 5.41) is 8.84. The lowest BCUT2D eigenvalue weighted by molar-refractivity contribution is 0.609.